The largest absolute Gasteiger partial charge is 0.341 e. The van der Waals surface area contributed by atoms with E-state index in [1.807, 2.05) is 40.3 Å². The monoisotopic (exact) mass is 393 g/mol. The number of nitrogens with zero attached hydrogens (tertiary/aromatic N) is 8. The molecule has 150 valence electrons. The summed E-state index contributed by atoms with van der Waals surface area (Å²) in [5.74, 6) is 1.45. The van der Waals surface area contributed by atoms with Gasteiger partial charge < -0.3 is 15.2 Å². The third kappa shape index (κ3) is 2.96. The number of aromatic nitrogens is 7. The zero-order chi connectivity index (χ0) is 20.0. The van der Waals surface area contributed by atoms with Crippen molar-refractivity contribution >= 4 is 22.6 Å². The summed E-state index contributed by atoms with van der Waals surface area (Å²) in [4.78, 5) is 20.2. The van der Waals surface area contributed by atoms with Gasteiger partial charge in [0.2, 0.25) is 5.95 Å². The molecule has 4 aromatic rings. The van der Waals surface area contributed by atoms with Gasteiger partial charge in [-0.2, -0.15) is 5.10 Å². The number of nitrogens with two attached hydrogens (primary N) is 1. The first-order chi connectivity index (χ1) is 14.2. The molecule has 29 heavy (non-hydrogen) atoms. The van der Waals surface area contributed by atoms with Crippen molar-refractivity contribution in [3.8, 4) is 0 Å². The highest BCUT2D eigenvalue weighted by Crippen LogP contribution is 2.23. The molecule has 10 heteroatoms. The van der Waals surface area contributed by atoms with E-state index in [9.17, 15) is 4.79 Å². The van der Waals surface area contributed by atoms with E-state index in [4.69, 9.17) is 10.7 Å². The summed E-state index contributed by atoms with van der Waals surface area (Å²) in [6, 6.07) is 5.81. The minimum atomic E-state index is -0.183. The van der Waals surface area contributed by atoms with E-state index in [1.165, 1.54) is 4.68 Å². The predicted octanol–water partition coefficient (Wildman–Crippen LogP) is 0.631. The molecule has 0 saturated carbocycles. The van der Waals surface area contributed by atoms with Crippen molar-refractivity contribution < 1.29 is 0 Å². The van der Waals surface area contributed by atoms with Gasteiger partial charge in [-0.05, 0) is 31.9 Å². The zero-order valence-corrected chi connectivity index (χ0v) is 16.3. The van der Waals surface area contributed by atoms with Crippen LogP contribution in [0, 0.1) is 0 Å². The molecule has 4 aromatic heterocycles. The average Bonchev–Trinajstić information content (AvgIpc) is 3.32. The molecule has 0 aromatic carbocycles. The average molecular weight is 393 g/mol. The Morgan fingerprint density at radius 1 is 1.28 bits per heavy atom. The van der Waals surface area contributed by atoms with Gasteiger partial charge in [-0.1, -0.05) is 6.07 Å². The maximum atomic E-state index is 13.3. The quantitative estimate of drug-likeness (QED) is 0.541. The van der Waals surface area contributed by atoms with E-state index < -0.39 is 0 Å². The number of pyridine rings is 1. The van der Waals surface area contributed by atoms with E-state index in [0.29, 0.717) is 23.4 Å². The van der Waals surface area contributed by atoms with E-state index in [-0.39, 0.29) is 18.1 Å². The molecule has 1 atom stereocenters. The summed E-state index contributed by atoms with van der Waals surface area (Å²) >= 11 is 0. The Morgan fingerprint density at radius 3 is 3.00 bits per heavy atom. The highest BCUT2D eigenvalue weighted by molar-refractivity contribution is 5.77. The molecular formula is C19H23N9O. The van der Waals surface area contributed by atoms with E-state index >= 15 is 0 Å². The molecule has 1 saturated heterocycles. The lowest BCUT2D eigenvalue weighted by molar-refractivity contribution is 0.494. The molecule has 5 rings (SSSR count). The van der Waals surface area contributed by atoms with Gasteiger partial charge in [0, 0.05) is 31.9 Å². The van der Waals surface area contributed by atoms with Gasteiger partial charge in [0.1, 0.15) is 17.6 Å². The summed E-state index contributed by atoms with van der Waals surface area (Å²) in [6.07, 6.45) is 5.57. The number of hydrogen-bond acceptors (Lipinski definition) is 7. The number of imidazole rings is 1. The van der Waals surface area contributed by atoms with Crippen molar-refractivity contribution in [3.05, 3.63) is 46.8 Å². The summed E-state index contributed by atoms with van der Waals surface area (Å²) in [5, 5.41) is 12.7. The normalized spacial score (nSPS) is 17.4. The number of fused-ring (bicyclic) bond motifs is 2. The van der Waals surface area contributed by atoms with Gasteiger partial charge in [-0.15, -0.1) is 10.2 Å². The molecular weight excluding hydrogens is 370 g/mol. The highest BCUT2D eigenvalue weighted by atomic mass is 16.1. The first kappa shape index (κ1) is 17.8. The minimum Gasteiger partial charge on any atom is -0.341 e. The van der Waals surface area contributed by atoms with Gasteiger partial charge in [0.15, 0.2) is 11.5 Å². The lowest BCUT2D eigenvalue weighted by atomic mass is 10.1. The van der Waals surface area contributed by atoms with Gasteiger partial charge in [-0.25, -0.2) is 9.67 Å². The number of anilines is 1. The third-order valence-corrected chi connectivity index (χ3v) is 5.46. The number of rotatable bonds is 4. The molecule has 5 heterocycles. The fraction of sp³-hybridized carbons (Fsp3) is 0.421. The Balaban J connectivity index is 1.58. The Kier molecular flexibility index (Phi) is 4.27. The Hall–Kier alpha value is -3.27. The maximum Gasteiger partial charge on any atom is 0.293 e. The lowest BCUT2D eigenvalue weighted by Crippen LogP contribution is -2.44. The Morgan fingerprint density at radius 2 is 2.17 bits per heavy atom. The molecule has 1 aliphatic heterocycles. The summed E-state index contributed by atoms with van der Waals surface area (Å²) < 4.78 is 5.25. The summed E-state index contributed by atoms with van der Waals surface area (Å²) in [7, 11) is 0. The molecule has 1 aliphatic rings. The lowest BCUT2D eigenvalue weighted by Gasteiger charge is -2.31. The van der Waals surface area contributed by atoms with Gasteiger partial charge >= 0.3 is 0 Å². The zero-order valence-electron chi connectivity index (χ0n) is 16.3. The van der Waals surface area contributed by atoms with Crippen LogP contribution in [0.5, 0.6) is 0 Å². The Labute approximate surface area is 166 Å². The minimum absolute atomic E-state index is 0.130. The predicted molar refractivity (Wildman–Crippen MR) is 109 cm³/mol. The van der Waals surface area contributed by atoms with E-state index in [0.717, 1.165) is 37.5 Å². The molecule has 0 radical (unpaired) electrons. The molecule has 2 N–H and O–H groups in total. The summed E-state index contributed by atoms with van der Waals surface area (Å²) in [6.45, 7) is 4.54. The Bertz CT molecular complexity index is 1240. The van der Waals surface area contributed by atoms with Crippen LogP contribution in [0.2, 0.25) is 0 Å². The van der Waals surface area contributed by atoms with Crippen LogP contribution in [0.25, 0.3) is 16.7 Å². The van der Waals surface area contributed by atoms with Crippen molar-refractivity contribution in [2.24, 2.45) is 5.73 Å². The van der Waals surface area contributed by atoms with Crippen molar-refractivity contribution in [1.82, 2.24) is 33.9 Å². The topological polar surface area (TPSA) is 112 Å². The van der Waals surface area contributed by atoms with Crippen molar-refractivity contribution in [3.63, 3.8) is 0 Å². The highest BCUT2D eigenvalue weighted by Gasteiger charge is 2.24. The second-order valence-corrected chi connectivity index (χ2v) is 7.39. The van der Waals surface area contributed by atoms with Crippen LogP contribution in [0.3, 0.4) is 0 Å². The van der Waals surface area contributed by atoms with Crippen LogP contribution < -0.4 is 16.2 Å². The smallest absolute Gasteiger partial charge is 0.293 e. The van der Waals surface area contributed by atoms with E-state index in [2.05, 4.69) is 20.2 Å². The number of piperidine rings is 1. The molecule has 0 aliphatic carbocycles. The number of aryl methyl sites for hydroxylation is 1. The fourth-order valence-corrected chi connectivity index (χ4v) is 4.05. The molecule has 0 amide bonds. The van der Waals surface area contributed by atoms with Crippen LogP contribution in [0.15, 0.2) is 35.4 Å². The van der Waals surface area contributed by atoms with Crippen LogP contribution in [0.1, 0.15) is 25.6 Å². The molecule has 1 fully saturated rings. The molecule has 0 bridgehead atoms. The standard InChI is InChI=1S/C19H23N9O/c1-2-26-17-14(22-19(26)25-8-5-6-13(20)11-25)10-21-28(18(17)29)12-16-24-23-15-7-3-4-9-27(15)16/h3-4,7,9-10,13H,2,5-6,8,11-12,20H2,1H3/t13-/m1/s1. The first-order valence-corrected chi connectivity index (χ1v) is 9.91. The molecule has 10 nitrogen and oxygen atoms in total. The summed E-state index contributed by atoms with van der Waals surface area (Å²) in [5.41, 5.74) is 7.87. The van der Waals surface area contributed by atoms with Crippen LogP contribution in [-0.2, 0) is 13.1 Å². The van der Waals surface area contributed by atoms with Gasteiger partial charge in [0.25, 0.3) is 5.56 Å². The molecule has 0 unspecified atom stereocenters. The van der Waals surface area contributed by atoms with Crippen LogP contribution >= 0.6 is 0 Å². The maximum absolute atomic E-state index is 13.3. The van der Waals surface area contributed by atoms with Crippen LogP contribution in [-0.4, -0.2) is 53.1 Å². The number of hydrogen-bond donors (Lipinski definition) is 1. The van der Waals surface area contributed by atoms with Crippen molar-refractivity contribution in [2.45, 2.75) is 38.9 Å². The van der Waals surface area contributed by atoms with Crippen LogP contribution in [0.4, 0.5) is 5.95 Å². The van der Waals surface area contributed by atoms with E-state index in [1.54, 1.807) is 6.20 Å². The fourth-order valence-electron chi connectivity index (χ4n) is 4.05. The van der Waals surface area contributed by atoms with Gasteiger partial charge in [0.05, 0.1) is 6.20 Å². The second-order valence-electron chi connectivity index (χ2n) is 7.39. The van der Waals surface area contributed by atoms with Crippen molar-refractivity contribution in [2.75, 3.05) is 18.0 Å². The van der Waals surface area contributed by atoms with Gasteiger partial charge in [-0.3, -0.25) is 9.20 Å². The second kappa shape index (κ2) is 6.96. The first-order valence-electron chi connectivity index (χ1n) is 9.91. The third-order valence-electron chi connectivity index (χ3n) is 5.46. The molecule has 0 spiro atoms. The SMILES string of the molecule is CCn1c(N2CCC[C@@H](N)C2)nc2cnn(Cc3nnc4ccccn34)c(=O)c21. The van der Waals surface area contributed by atoms with Crippen molar-refractivity contribution in [1.29, 1.82) is 0 Å².